The Labute approximate surface area is 154 Å². The molecule has 0 bridgehead atoms. The number of furan rings is 1. The zero-order valence-electron chi connectivity index (χ0n) is 15.5. The van der Waals surface area contributed by atoms with E-state index in [1.807, 2.05) is 0 Å². The molecule has 2 heterocycles. The van der Waals surface area contributed by atoms with E-state index < -0.39 is 10.0 Å². The van der Waals surface area contributed by atoms with Crippen molar-refractivity contribution < 1.29 is 17.6 Å². The summed E-state index contributed by atoms with van der Waals surface area (Å²) in [5.41, 5.74) is 1.19. The van der Waals surface area contributed by atoms with Crippen LogP contribution in [0.25, 0.3) is 11.0 Å². The van der Waals surface area contributed by atoms with Gasteiger partial charge in [0.15, 0.2) is 5.76 Å². The molecule has 0 saturated carbocycles. The maximum Gasteiger partial charge on any atom is 0.287 e. The van der Waals surface area contributed by atoms with Gasteiger partial charge in [0.05, 0.1) is 4.90 Å². The molecule has 1 saturated heterocycles. The lowest BCUT2D eigenvalue weighted by Gasteiger charge is -2.15. The van der Waals surface area contributed by atoms with Gasteiger partial charge in [-0.2, -0.15) is 4.31 Å². The fourth-order valence-corrected chi connectivity index (χ4v) is 4.75. The first-order valence-electron chi connectivity index (χ1n) is 9.12. The number of fused-ring (bicyclic) bond motifs is 1. The predicted molar refractivity (Wildman–Crippen MR) is 101 cm³/mol. The van der Waals surface area contributed by atoms with E-state index in [2.05, 4.69) is 19.2 Å². The van der Waals surface area contributed by atoms with E-state index >= 15 is 0 Å². The van der Waals surface area contributed by atoms with Gasteiger partial charge in [0.2, 0.25) is 10.0 Å². The molecule has 142 valence electrons. The molecule has 0 radical (unpaired) electrons. The molecule has 0 aliphatic carbocycles. The van der Waals surface area contributed by atoms with Gasteiger partial charge in [-0.15, -0.1) is 0 Å². The predicted octanol–water partition coefficient (Wildman–Crippen LogP) is 3.30. The van der Waals surface area contributed by atoms with Crippen LogP contribution in [-0.4, -0.2) is 38.3 Å². The highest BCUT2D eigenvalue weighted by atomic mass is 32.2. The minimum Gasteiger partial charge on any atom is -0.451 e. The Morgan fingerprint density at radius 3 is 2.62 bits per heavy atom. The molecule has 1 aliphatic heterocycles. The van der Waals surface area contributed by atoms with E-state index in [9.17, 15) is 13.2 Å². The Morgan fingerprint density at radius 2 is 1.96 bits per heavy atom. The van der Waals surface area contributed by atoms with E-state index in [4.69, 9.17) is 4.42 Å². The monoisotopic (exact) mass is 378 g/mol. The van der Waals surface area contributed by atoms with Crippen LogP contribution in [0.5, 0.6) is 0 Å². The number of carbonyl (C=O) groups excluding carboxylic acids is 1. The van der Waals surface area contributed by atoms with E-state index in [-0.39, 0.29) is 16.6 Å². The minimum absolute atomic E-state index is 0.250. The number of rotatable bonds is 6. The Balaban J connectivity index is 1.88. The van der Waals surface area contributed by atoms with E-state index in [1.54, 1.807) is 25.1 Å². The van der Waals surface area contributed by atoms with Crippen molar-refractivity contribution in [3.63, 3.8) is 0 Å². The van der Waals surface area contributed by atoms with Crippen LogP contribution in [0.3, 0.4) is 0 Å². The van der Waals surface area contributed by atoms with Gasteiger partial charge in [-0.05, 0) is 50.3 Å². The molecule has 0 atom stereocenters. The molecule has 26 heavy (non-hydrogen) atoms. The molecule has 0 unspecified atom stereocenters. The lowest BCUT2D eigenvalue weighted by atomic mass is 10.1. The zero-order valence-corrected chi connectivity index (χ0v) is 16.4. The number of aryl methyl sites for hydroxylation is 1. The first-order chi connectivity index (χ1) is 12.3. The van der Waals surface area contributed by atoms with Crippen LogP contribution in [0, 0.1) is 12.8 Å². The highest BCUT2D eigenvalue weighted by molar-refractivity contribution is 7.89. The van der Waals surface area contributed by atoms with Crippen LogP contribution in [0.4, 0.5) is 0 Å². The molecule has 1 amide bonds. The van der Waals surface area contributed by atoms with Crippen molar-refractivity contribution in [2.45, 2.75) is 44.9 Å². The molecular formula is C19H26N2O4S. The molecule has 0 spiro atoms. The summed E-state index contributed by atoms with van der Waals surface area (Å²) < 4.78 is 32.7. The SMILES string of the molecule is Cc1c(C(=O)NCCC(C)C)oc2ccc(S(=O)(=O)N3CCCC3)cc12. The number of hydrogen-bond acceptors (Lipinski definition) is 4. The fraction of sp³-hybridized carbons (Fsp3) is 0.526. The summed E-state index contributed by atoms with van der Waals surface area (Å²) in [7, 11) is -3.49. The standard InChI is InChI=1S/C19H26N2O4S/c1-13(2)8-9-20-19(22)18-14(3)16-12-15(6-7-17(16)25-18)26(23,24)21-10-4-5-11-21/h6-7,12-13H,4-5,8-11H2,1-3H3,(H,20,22). The average molecular weight is 378 g/mol. The van der Waals surface area contributed by atoms with Crippen LogP contribution in [0.15, 0.2) is 27.5 Å². The molecule has 3 rings (SSSR count). The first-order valence-corrected chi connectivity index (χ1v) is 10.6. The highest BCUT2D eigenvalue weighted by Crippen LogP contribution is 2.29. The number of carbonyl (C=O) groups is 1. The van der Waals surface area contributed by atoms with Crippen LogP contribution in [0.1, 0.15) is 49.2 Å². The third kappa shape index (κ3) is 3.64. The second-order valence-electron chi connectivity index (χ2n) is 7.26. The second kappa shape index (κ2) is 7.40. The van der Waals surface area contributed by atoms with Crippen LogP contribution >= 0.6 is 0 Å². The van der Waals surface area contributed by atoms with Crippen molar-refractivity contribution >= 4 is 26.9 Å². The third-order valence-electron chi connectivity index (χ3n) is 4.82. The lowest BCUT2D eigenvalue weighted by Crippen LogP contribution is -2.27. The van der Waals surface area contributed by atoms with Gasteiger partial charge in [0.25, 0.3) is 5.91 Å². The summed E-state index contributed by atoms with van der Waals surface area (Å²) in [5, 5.41) is 3.53. The Morgan fingerprint density at radius 1 is 1.27 bits per heavy atom. The lowest BCUT2D eigenvalue weighted by molar-refractivity contribution is 0.0925. The maximum absolute atomic E-state index is 12.8. The van der Waals surface area contributed by atoms with Crippen molar-refractivity contribution in [1.29, 1.82) is 0 Å². The number of benzene rings is 1. The molecule has 2 aromatic rings. The van der Waals surface area contributed by atoms with Gasteiger partial charge in [-0.25, -0.2) is 8.42 Å². The molecule has 7 heteroatoms. The Bertz CT molecular complexity index is 909. The molecule has 1 N–H and O–H groups in total. The van der Waals surface area contributed by atoms with Crippen molar-refractivity contribution in [3.8, 4) is 0 Å². The smallest absolute Gasteiger partial charge is 0.287 e. The van der Waals surface area contributed by atoms with Crippen LogP contribution in [-0.2, 0) is 10.0 Å². The summed E-state index contributed by atoms with van der Waals surface area (Å²) in [6.07, 6.45) is 2.68. The number of nitrogens with zero attached hydrogens (tertiary/aromatic N) is 1. The number of amides is 1. The molecule has 1 aromatic carbocycles. The number of hydrogen-bond donors (Lipinski definition) is 1. The zero-order chi connectivity index (χ0) is 18.9. The third-order valence-corrected chi connectivity index (χ3v) is 6.72. The average Bonchev–Trinajstić information content (AvgIpc) is 3.23. The highest BCUT2D eigenvalue weighted by Gasteiger charge is 2.28. The van der Waals surface area contributed by atoms with Crippen molar-refractivity contribution in [2.75, 3.05) is 19.6 Å². The number of nitrogens with one attached hydrogen (secondary N) is 1. The van der Waals surface area contributed by atoms with Crippen LogP contribution < -0.4 is 5.32 Å². The summed E-state index contributed by atoms with van der Waals surface area (Å²) in [4.78, 5) is 12.6. The van der Waals surface area contributed by atoms with Crippen molar-refractivity contribution in [2.24, 2.45) is 5.92 Å². The second-order valence-corrected chi connectivity index (χ2v) is 9.20. The van der Waals surface area contributed by atoms with Crippen molar-refractivity contribution in [3.05, 3.63) is 29.5 Å². The van der Waals surface area contributed by atoms with Crippen molar-refractivity contribution in [1.82, 2.24) is 9.62 Å². The summed E-state index contributed by atoms with van der Waals surface area (Å²) in [6, 6.07) is 4.81. The Hall–Kier alpha value is -1.86. The molecule has 1 aromatic heterocycles. The number of sulfonamides is 1. The molecular weight excluding hydrogens is 352 g/mol. The van der Waals surface area contributed by atoms with Gasteiger partial charge in [0, 0.05) is 30.6 Å². The first kappa shape index (κ1) is 18.9. The van der Waals surface area contributed by atoms with Gasteiger partial charge in [0.1, 0.15) is 5.58 Å². The summed E-state index contributed by atoms with van der Waals surface area (Å²) >= 11 is 0. The molecule has 1 aliphatic rings. The normalized spacial score (nSPS) is 15.8. The van der Waals surface area contributed by atoms with Crippen LogP contribution in [0.2, 0.25) is 0 Å². The minimum atomic E-state index is -3.49. The van der Waals surface area contributed by atoms with E-state index in [0.717, 1.165) is 19.3 Å². The summed E-state index contributed by atoms with van der Waals surface area (Å²) in [6.45, 7) is 7.70. The van der Waals surface area contributed by atoms with E-state index in [1.165, 1.54) is 4.31 Å². The topological polar surface area (TPSA) is 79.6 Å². The van der Waals surface area contributed by atoms with Gasteiger partial charge >= 0.3 is 0 Å². The van der Waals surface area contributed by atoms with Gasteiger partial charge < -0.3 is 9.73 Å². The molecule has 1 fully saturated rings. The largest absolute Gasteiger partial charge is 0.451 e. The van der Waals surface area contributed by atoms with Gasteiger partial charge in [-0.1, -0.05) is 13.8 Å². The fourth-order valence-electron chi connectivity index (χ4n) is 3.21. The van der Waals surface area contributed by atoms with E-state index in [0.29, 0.717) is 42.1 Å². The Kier molecular flexibility index (Phi) is 5.39. The maximum atomic E-state index is 12.8. The molecule has 6 nitrogen and oxygen atoms in total. The summed E-state index contributed by atoms with van der Waals surface area (Å²) in [5.74, 6) is 0.494. The quantitative estimate of drug-likeness (QED) is 0.836. The van der Waals surface area contributed by atoms with Gasteiger partial charge in [-0.3, -0.25) is 4.79 Å².